The normalized spacial score (nSPS) is 30.4. The molecule has 26 heavy (non-hydrogen) atoms. The Morgan fingerprint density at radius 1 is 0.846 bits per heavy atom. The molecule has 2 saturated carbocycles. The Bertz CT molecular complexity index is 467. The predicted molar refractivity (Wildman–Crippen MR) is 105 cm³/mol. The van der Waals surface area contributed by atoms with E-state index in [0.717, 1.165) is 13.1 Å². The van der Waals surface area contributed by atoms with E-state index in [1.165, 1.54) is 84.0 Å². The number of hydrogen-bond acceptors (Lipinski definition) is 4. The number of carbonyl (C=O) groups is 1. The predicted octanol–water partition coefficient (Wildman–Crippen LogP) is 2.02. The summed E-state index contributed by atoms with van der Waals surface area (Å²) in [5.74, 6) is 0.429. The zero-order chi connectivity index (χ0) is 17.9. The molecule has 0 N–H and O–H groups in total. The van der Waals surface area contributed by atoms with Crippen LogP contribution in [0, 0.1) is 0 Å². The molecule has 1 atom stereocenters. The van der Waals surface area contributed by atoms with Crippen LogP contribution in [0.25, 0.3) is 0 Å². The highest BCUT2D eigenvalue weighted by molar-refractivity contribution is 5.79. The van der Waals surface area contributed by atoms with E-state index in [2.05, 4.69) is 26.6 Å². The standard InChI is InChI=1S/C21H38N4O/c1-22-12-14-24(15-13-22)20-8-4-5-11-23(16-20)17-21(26)25(19-9-10-19)18-6-2-3-7-18/h18-20H,2-17H2,1H3. The first-order chi connectivity index (χ1) is 12.7. The van der Waals surface area contributed by atoms with Gasteiger partial charge < -0.3 is 9.80 Å². The van der Waals surface area contributed by atoms with Crippen molar-refractivity contribution in [3.63, 3.8) is 0 Å². The number of likely N-dealkylation sites (N-methyl/N-ethyl adjacent to an activating group) is 1. The summed E-state index contributed by atoms with van der Waals surface area (Å²) < 4.78 is 0. The summed E-state index contributed by atoms with van der Waals surface area (Å²) in [6, 6.07) is 1.78. The van der Waals surface area contributed by atoms with Gasteiger partial charge in [0.1, 0.15) is 0 Å². The van der Waals surface area contributed by atoms with E-state index in [4.69, 9.17) is 0 Å². The summed E-state index contributed by atoms with van der Waals surface area (Å²) in [5, 5.41) is 0. The molecule has 2 heterocycles. The van der Waals surface area contributed by atoms with Gasteiger partial charge in [-0.05, 0) is 52.1 Å². The van der Waals surface area contributed by atoms with Gasteiger partial charge in [0.05, 0.1) is 6.54 Å². The van der Waals surface area contributed by atoms with Crippen molar-refractivity contribution in [1.29, 1.82) is 0 Å². The Kier molecular flexibility index (Phi) is 6.17. The van der Waals surface area contributed by atoms with Crippen LogP contribution >= 0.6 is 0 Å². The maximum absolute atomic E-state index is 13.2. The topological polar surface area (TPSA) is 30.0 Å². The van der Waals surface area contributed by atoms with Gasteiger partial charge in [0.25, 0.3) is 0 Å². The maximum atomic E-state index is 13.2. The van der Waals surface area contributed by atoms with Crippen LogP contribution in [0.15, 0.2) is 0 Å². The lowest BCUT2D eigenvalue weighted by molar-refractivity contribution is -0.135. The monoisotopic (exact) mass is 362 g/mol. The van der Waals surface area contributed by atoms with Crippen LogP contribution in [0.3, 0.4) is 0 Å². The molecule has 0 aromatic rings. The largest absolute Gasteiger partial charge is 0.336 e. The zero-order valence-corrected chi connectivity index (χ0v) is 16.7. The van der Waals surface area contributed by atoms with Gasteiger partial charge in [0.2, 0.25) is 5.91 Å². The Labute approximate surface area is 159 Å². The van der Waals surface area contributed by atoms with Gasteiger partial charge in [-0.2, -0.15) is 0 Å². The molecule has 0 bridgehead atoms. The Morgan fingerprint density at radius 3 is 2.19 bits per heavy atom. The molecule has 4 rings (SSSR count). The third-order valence-corrected chi connectivity index (χ3v) is 7.09. The minimum absolute atomic E-state index is 0.429. The molecular weight excluding hydrogens is 324 g/mol. The summed E-state index contributed by atoms with van der Waals surface area (Å²) in [6.45, 7) is 7.63. The number of carbonyl (C=O) groups excluding carboxylic acids is 1. The quantitative estimate of drug-likeness (QED) is 0.749. The molecule has 0 spiro atoms. The van der Waals surface area contributed by atoms with E-state index in [-0.39, 0.29) is 0 Å². The average molecular weight is 363 g/mol. The average Bonchev–Trinajstić information content (AvgIpc) is 3.37. The van der Waals surface area contributed by atoms with Crippen LogP contribution in [0.2, 0.25) is 0 Å². The Morgan fingerprint density at radius 2 is 1.50 bits per heavy atom. The molecule has 2 aliphatic heterocycles. The first-order valence-corrected chi connectivity index (χ1v) is 11.2. The van der Waals surface area contributed by atoms with Crippen LogP contribution in [0.4, 0.5) is 0 Å². The molecule has 148 valence electrons. The highest BCUT2D eigenvalue weighted by atomic mass is 16.2. The molecule has 0 radical (unpaired) electrons. The fourth-order valence-corrected chi connectivity index (χ4v) is 5.34. The number of piperazine rings is 1. The first kappa shape index (κ1) is 18.7. The van der Waals surface area contributed by atoms with E-state index in [9.17, 15) is 4.79 Å². The van der Waals surface area contributed by atoms with Gasteiger partial charge in [-0.15, -0.1) is 0 Å². The second kappa shape index (κ2) is 8.57. The lowest BCUT2D eigenvalue weighted by Crippen LogP contribution is -2.53. The molecule has 4 fully saturated rings. The fraction of sp³-hybridized carbons (Fsp3) is 0.952. The third-order valence-electron chi connectivity index (χ3n) is 7.09. The zero-order valence-electron chi connectivity index (χ0n) is 16.7. The summed E-state index contributed by atoms with van der Waals surface area (Å²) in [4.78, 5) is 23.1. The van der Waals surface area contributed by atoms with E-state index in [0.29, 0.717) is 30.6 Å². The summed E-state index contributed by atoms with van der Waals surface area (Å²) in [6.07, 6.45) is 11.5. The lowest BCUT2D eigenvalue weighted by Gasteiger charge is -2.39. The van der Waals surface area contributed by atoms with Crippen molar-refractivity contribution in [3.05, 3.63) is 0 Å². The van der Waals surface area contributed by atoms with Crippen molar-refractivity contribution in [2.45, 2.75) is 75.9 Å². The highest BCUT2D eigenvalue weighted by Gasteiger charge is 2.39. The molecule has 2 saturated heterocycles. The van der Waals surface area contributed by atoms with Gasteiger partial charge in [0.15, 0.2) is 0 Å². The molecule has 0 aromatic heterocycles. The number of likely N-dealkylation sites (tertiary alicyclic amines) is 1. The summed E-state index contributed by atoms with van der Waals surface area (Å²) in [7, 11) is 2.23. The highest BCUT2D eigenvalue weighted by Crippen LogP contribution is 2.34. The Hall–Kier alpha value is -0.650. The maximum Gasteiger partial charge on any atom is 0.237 e. The minimum Gasteiger partial charge on any atom is -0.336 e. The summed E-state index contributed by atoms with van der Waals surface area (Å²) in [5.41, 5.74) is 0. The second-order valence-electron chi connectivity index (χ2n) is 9.19. The van der Waals surface area contributed by atoms with Crippen molar-refractivity contribution in [1.82, 2.24) is 19.6 Å². The number of amides is 1. The molecular formula is C21H38N4O. The molecule has 1 unspecified atom stereocenters. The van der Waals surface area contributed by atoms with Gasteiger partial charge >= 0.3 is 0 Å². The van der Waals surface area contributed by atoms with Gasteiger partial charge in [-0.1, -0.05) is 19.3 Å². The van der Waals surface area contributed by atoms with E-state index < -0.39 is 0 Å². The number of nitrogens with zero attached hydrogens (tertiary/aromatic N) is 4. The van der Waals surface area contributed by atoms with Crippen LogP contribution in [-0.4, -0.2) is 96.5 Å². The molecule has 2 aliphatic carbocycles. The number of rotatable bonds is 5. The van der Waals surface area contributed by atoms with Crippen molar-refractivity contribution < 1.29 is 4.79 Å². The SMILES string of the molecule is CN1CCN(C2CCCCN(CC(=O)N(C3CCCC3)C3CC3)C2)CC1. The fourth-order valence-electron chi connectivity index (χ4n) is 5.34. The molecule has 1 amide bonds. The first-order valence-electron chi connectivity index (χ1n) is 11.2. The molecule has 5 heteroatoms. The smallest absolute Gasteiger partial charge is 0.237 e. The van der Waals surface area contributed by atoms with Gasteiger partial charge in [-0.3, -0.25) is 14.6 Å². The lowest BCUT2D eigenvalue weighted by atomic mass is 10.1. The van der Waals surface area contributed by atoms with Crippen LogP contribution in [0.5, 0.6) is 0 Å². The molecule has 0 aromatic carbocycles. The van der Waals surface area contributed by atoms with Gasteiger partial charge in [0, 0.05) is 50.8 Å². The van der Waals surface area contributed by atoms with Crippen molar-refractivity contribution in [2.24, 2.45) is 0 Å². The Balaban J connectivity index is 1.34. The van der Waals surface area contributed by atoms with Crippen molar-refractivity contribution >= 4 is 5.91 Å². The molecule has 4 aliphatic rings. The van der Waals surface area contributed by atoms with Crippen molar-refractivity contribution in [3.8, 4) is 0 Å². The van der Waals surface area contributed by atoms with Crippen LogP contribution in [-0.2, 0) is 4.79 Å². The van der Waals surface area contributed by atoms with E-state index >= 15 is 0 Å². The minimum atomic E-state index is 0.429. The van der Waals surface area contributed by atoms with E-state index in [1.54, 1.807) is 0 Å². The second-order valence-corrected chi connectivity index (χ2v) is 9.19. The number of hydrogen-bond donors (Lipinski definition) is 0. The van der Waals surface area contributed by atoms with Crippen molar-refractivity contribution in [2.75, 3.05) is 52.9 Å². The van der Waals surface area contributed by atoms with Crippen LogP contribution in [0.1, 0.15) is 57.8 Å². The summed E-state index contributed by atoms with van der Waals surface area (Å²) >= 11 is 0. The van der Waals surface area contributed by atoms with Gasteiger partial charge in [-0.25, -0.2) is 0 Å². The van der Waals surface area contributed by atoms with Crippen LogP contribution < -0.4 is 0 Å². The molecule has 5 nitrogen and oxygen atoms in total. The van der Waals surface area contributed by atoms with E-state index in [1.807, 2.05) is 0 Å². The third kappa shape index (κ3) is 4.60.